The number of nitrogens with zero attached hydrogens (tertiary/aromatic N) is 5. The molecule has 0 spiro atoms. The number of phenols is 1. The first-order valence-corrected chi connectivity index (χ1v) is 10.1. The van der Waals surface area contributed by atoms with Crippen LogP contribution in [0.25, 0.3) is 23.2 Å². The number of benzene rings is 1. The van der Waals surface area contributed by atoms with E-state index in [1.54, 1.807) is 48.4 Å². The Bertz CT molecular complexity index is 1150. The quantitative estimate of drug-likeness (QED) is 0.595. The van der Waals surface area contributed by atoms with E-state index in [2.05, 4.69) is 25.5 Å². The lowest BCUT2D eigenvalue weighted by Gasteiger charge is -2.41. The van der Waals surface area contributed by atoms with Gasteiger partial charge in [-0.3, -0.25) is 0 Å². The largest absolute Gasteiger partial charge is 0.507 e. The zero-order valence-electron chi connectivity index (χ0n) is 17.2. The van der Waals surface area contributed by atoms with Crippen molar-refractivity contribution in [3.8, 4) is 22.8 Å². The Morgan fingerprint density at radius 3 is 2.77 bits per heavy atom. The lowest BCUT2D eigenvalue weighted by atomic mass is 9.82. The molecule has 2 fully saturated rings. The van der Waals surface area contributed by atoms with Crippen LogP contribution in [0.4, 0.5) is 4.39 Å². The van der Waals surface area contributed by atoms with E-state index in [-0.39, 0.29) is 11.6 Å². The third-order valence-electron chi connectivity index (χ3n) is 6.32. The summed E-state index contributed by atoms with van der Waals surface area (Å²) in [6.45, 7) is 3.70. The van der Waals surface area contributed by atoms with Crippen molar-refractivity contribution in [2.75, 3.05) is 0 Å². The van der Waals surface area contributed by atoms with Crippen molar-refractivity contribution in [3.63, 3.8) is 0 Å². The minimum Gasteiger partial charge on any atom is -0.507 e. The number of imidazole rings is 1. The molecule has 3 aromatic rings. The van der Waals surface area contributed by atoms with E-state index < -0.39 is 23.4 Å². The summed E-state index contributed by atoms with van der Waals surface area (Å²) in [5, 5.41) is 32.3. The number of nitrogens with one attached hydrogen (secondary N) is 1. The lowest BCUT2D eigenvalue weighted by Crippen LogP contribution is -2.59. The molecule has 2 aliphatic rings. The van der Waals surface area contributed by atoms with Crippen LogP contribution in [0.2, 0.25) is 0 Å². The van der Waals surface area contributed by atoms with Crippen LogP contribution >= 0.6 is 0 Å². The highest BCUT2D eigenvalue weighted by atomic mass is 19.1. The molecule has 1 aromatic carbocycles. The zero-order valence-corrected chi connectivity index (χ0v) is 17.2. The molecular formula is C22H23FN6O2. The Hall–Kier alpha value is -3.17. The number of rotatable bonds is 3. The van der Waals surface area contributed by atoms with E-state index >= 15 is 4.39 Å². The van der Waals surface area contributed by atoms with Gasteiger partial charge in [0.1, 0.15) is 17.6 Å². The number of hydrogen-bond acceptors (Lipinski definition) is 7. The Morgan fingerprint density at radius 1 is 1.26 bits per heavy atom. The minimum atomic E-state index is -1.24. The highest BCUT2D eigenvalue weighted by molar-refractivity contribution is 5.66. The van der Waals surface area contributed by atoms with Gasteiger partial charge < -0.3 is 20.1 Å². The predicted molar refractivity (Wildman–Crippen MR) is 112 cm³/mol. The van der Waals surface area contributed by atoms with Crippen molar-refractivity contribution in [2.24, 2.45) is 0 Å². The van der Waals surface area contributed by atoms with Crippen molar-refractivity contribution in [1.82, 2.24) is 30.0 Å². The van der Waals surface area contributed by atoms with Crippen LogP contribution in [0.3, 0.4) is 0 Å². The highest BCUT2D eigenvalue weighted by Crippen LogP contribution is 2.46. The highest BCUT2D eigenvalue weighted by Gasteiger charge is 2.57. The van der Waals surface area contributed by atoms with E-state index in [9.17, 15) is 10.2 Å². The van der Waals surface area contributed by atoms with E-state index in [4.69, 9.17) is 0 Å². The summed E-state index contributed by atoms with van der Waals surface area (Å²) in [6, 6.07) is 5.13. The van der Waals surface area contributed by atoms with Crippen LogP contribution < -0.4 is 5.32 Å². The van der Waals surface area contributed by atoms with Gasteiger partial charge in [0.15, 0.2) is 5.82 Å². The van der Waals surface area contributed by atoms with Gasteiger partial charge in [0.25, 0.3) is 0 Å². The second kappa shape index (κ2) is 6.93. The summed E-state index contributed by atoms with van der Waals surface area (Å²) in [5.41, 5.74) is 0.832. The SMILES string of the molecule is C[C@]12C/C(=C\c3cnc(-c4ccc(-n5ccnc5)cc4O)nn3)[C@H](F)[C@](C)(C[C@H]1O)N2. The molecule has 9 heteroatoms. The second-order valence-corrected chi connectivity index (χ2v) is 8.82. The van der Waals surface area contributed by atoms with Gasteiger partial charge in [-0.25, -0.2) is 14.4 Å². The maximum absolute atomic E-state index is 15.2. The van der Waals surface area contributed by atoms with Gasteiger partial charge in [-0.2, -0.15) is 0 Å². The maximum atomic E-state index is 15.2. The third-order valence-corrected chi connectivity index (χ3v) is 6.32. The van der Waals surface area contributed by atoms with Gasteiger partial charge >= 0.3 is 0 Å². The number of phenolic OH excluding ortho intramolecular Hbond substituents is 1. The molecule has 4 atom stereocenters. The van der Waals surface area contributed by atoms with Crippen molar-refractivity contribution < 1.29 is 14.6 Å². The number of aromatic hydroxyl groups is 1. The Labute approximate surface area is 178 Å². The molecule has 160 valence electrons. The number of aliphatic hydroxyl groups is 1. The number of hydrogen-bond donors (Lipinski definition) is 3. The smallest absolute Gasteiger partial charge is 0.185 e. The first-order valence-electron chi connectivity index (χ1n) is 10.1. The first kappa shape index (κ1) is 19.8. The fourth-order valence-corrected chi connectivity index (χ4v) is 4.73. The van der Waals surface area contributed by atoms with Crippen molar-refractivity contribution in [3.05, 3.63) is 54.4 Å². The molecule has 0 saturated carbocycles. The van der Waals surface area contributed by atoms with E-state index in [0.717, 1.165) is 5.69 Å². The van der Waals surface area contributed by atoms with Gasteiger partial charge in [0.2, 0.25) is 0 Å². The average Bonchev–Trinajstić information content (AvgIpc) is 3.33. The summed E-state index contributed by atoms with van der Waals surface area (Å²) in [7, 11) is 0. The number of aliphatic hydroxyl groups excluding tert-OH is 1. The van der Waals surface area contributed by atoms with Gasteiger partial charge in [-0.05, 0) is 50.5 Å². The summed E-state index contributed by atoms with van der Waals surface area (Å²) < 4.78 is 16.9. The summed E-state index contributed by atoms with van der Waals surface area (Å²) in [6.07, 6.45) is 7.13. The summed E-state index contributed by atoms with van der Waals surface area (Å²) in [5.74, 6) is 0.293. The van der Waals surface area contributed by atoms with Crippen LogP contribution in [0.5, 0.6) is 5.75 Å². The van der Waals surface area contributed by atoms with Crippen LogP contribution in [-0.2, 0) is 0 Å². The molecule has 0 radical (unpaired) electrons. The number of aromatic nitrogens is 5. The zero-order chi connectivity index (χ0) is 21.8. The molecular weight excluding hydrogens is 399 g/mol. The fourth-order valence-electron chi connectivity index (χ4n) is 4.73. The Balaban J connectivity index is 1.41. The molecule has 4 heterocycles. The Kier molecular flexibility index (Phi) is 4.42. The van der Waals surface area contributed by atoms with Crippen LogP contribution in [-0.4, -0.2) is 58.3 Å². The third kappa shape index (κ3) is 3.30. The van der Waals surface area contributed by atoms with Crippen LogP contribution in [0.1, 0.15) is 32.4 Å². The number of piperidine rings is 1. The van der Waals surface area contributed by atoms with Gasteiger partial charge in [0.05, 0.1) is 35.4 Å². The monoisotopic (exact) mass is 422 g/mol. The fraction of sp³-hybridized carbons (Fsp3) is 0.364. The molecule has 0 amide bonds. The lowest BCUT2D eigenvalue weighted by molar-refractivity contribution is 0.103. The molecule has 2 bridgehead atoms. The molecule has 2 saturated heterocycles. The van der Waals surface area contributed by atoms with Crippen LogP contribution in [0, 0.1) is 0 Å². The number of alkyl halides is 1. The topological polar surface area (TPSA) is 109 Å². The maximum Gasteiger partial charge on any atom is 0.185 e. The van der Waals surface area contributed by atoms with Crippen molar-refractivity contribution in [1.29, 1.82) is 0 Å². The van der Waals surface area contributed by atoms with Crippen molar-refractivity contribution in [2.45, 2.75) is 50.0 Å². The van der Waals surface area contributed by atoms with Crippen molar-refractivity contribution >= 4 is 6.08 Å². The molecule has 3 N–H and O–H groups in total. The molecule has 2 aromatic heterocycles. The standard InChI is InChI=1S/C22H23FN6O2/c1-21-9-13(19(23)22(2,28-21)10-18(21)31)7-14-11-25-20(27-26-14)16-4-3-15(8-17(16)30)29-6-5-24-12-29/h3-8,11-12,18-19,28,30-31H,9-10H2,1-2H3/b13-7+/t18-,19+,21+,22+/m1/s1. The molecule has 0 unspecified atom stereocenters. The van der Waals surface area contributed by atoms with Gasteiger partial charge in [-0.15, -0.1) is 10.2 Å². The van der Waals surface area contributed by atoms with E-state index in [1.165, 1.54) is 6.20 Å². The van der Waals surface area contributed by atoms with E-state index in [1.807, 2.05) is 13.0 Å². The average molecular weight is 422 g/mol. The van der Waals surface area contributed by atoms with Crippen LogP contribution in [0.15, 0.2) is 48.7 Å². The van der Waals surface area contributed by atoms with Gasteiger partial charge in [0, 0.05) is 24.0 Å². The minimum absolute atomic E-state index is 0.0210. The molecule has 31 heavy (non-hydrogen) atoms. The summed E-state index contributed by atoms with van der Waals surface area (Å²) >= 11 is 0. The molecule has 0 aliphatic carbocycles. The predicted octanol–water partition coefficient (Wildman–Crippen LogP) is 2.43. The first-order chi connectivity index (χ1) is 14.8. The molecule has 2 aliphatic heterocycles. The number of halogens is 1. The molecule has 8 nitrogen and oxygen atoms in total. The molecule has 5 rings (SSSR count). The second-order valence-electron chi connectivity index (χ2n) is 8.82. The normalized spacial score (nSPS) is 31.3. The van der Waals surface area contributed by atoms with Gasteiger partial charge in [-0.1, -0.05) is 0 Å². The summed E-state index contributed by atoms with van der Waals surface area (Å²) in [4.78, 5) is 8.31. The Morgan fingerprint density at radius 2 is 2.10 bits per heavy atom. The van der Waals surface area contributed by atoms with E-state index in [0.29, 0.717) is 29.7 Å². The number of fused-ring (bicyclic) bond motifs is 2.